The highest BCUT2D eigenvalue weighted by atomic mass is 32.2. The quantitative estimate of drug-likeness (QED) is 0.422. The van der Waals surface area contributed by atoms with E-state index in [1.54, 1.807) is 23.1 Å². The van der Waals surface area contributed by atoms with Gasteiger partial charge in [-0.1, -0.05) is 54.2 Å². The minimum absolute atomic E-state index is 0.756. The second-order valence-electron chi connectivity index (χ2n) is 6.55. The van der Waals surface area contributed by atoms with Gasteiger partial charge >= 0.3 is 0 Å². The molecule has 0 aliphatic carbocycles. The number of thiazole rings is 1. The number of aromatic nitrogens is 4. The van der Waals surface area contributed by atoms with Gasteiger partial charge in [-0.3, -0.25) is 0 Å². The van der Waals surface area contributed by atoms with E-state index in [0.29, 0.717) is 0 Å². The van der Waals surface area contributed by atoms with Crippen LogP contribution in [0.15, 0.2) is 59.1 Å². The third-order valence-electron chi connectivity index (χ3n) is 4.51. The molecule has 2 heterocycles. The van der Waals surface area contributed by atoms with Crippen LogP contribution in [0.1, 0.15) is 16.8 Å². The van der Waals surface area contributed by atoms with Gasteiger partial charge in [0.2, 0.25) is 0 Å². The second kappa shape index (κ2) is 8.16. The number of thioether (sulfide) groups is 1. The molecule has 0 bridgehead atoms. The Kier molecular flexibility index (Phi) is 5.45. The number of rotatable bonds is 6. The monoisotopic (exact) mass is 407 g/mol. The summed E-state index contributed by atoms with van der Waals surface area (Å²) in [5.74, 6) is 1.65. The fourth-order valence-electron chi connectivity index (χ4n) is 2.90. The minimum atomic E-state index is 0.756. The number of aryl methyl sites for hydroxylation is 2. The van der Waals surface area contributed by atoms with Crippen LogP contribution in [0.5, 0.6) is 0 Å². The largest absolute Gasteiger partial charge is 0.331 e. The fourth-order valence-corrected chi connectivity index (χ4v) is 4.53. The van der Waals surface area contributed by atoms with Gasteiger partial charge in [0, 0.05) is 29.4 Å². The SMILES string of the molecule is Cc1ccccc1Nc1nc(CSc2nnc(-c3ccccc3C)n2C)cs1. The molecular weight excluding hydrogens is 386 g/mol. The molecule has 1 N–H and O–H groups in total. The number of para-hydroxylation sites is 1. The van der Waals surface area contributed by atoms with Gasteiger partial charge in [0.25, 0.3) is 0 Å². The maximum atomic E-state index is 4.70. The summed E-state index contributed by atoms with van der Waals surface area (Å²) in [5.41, 5.74) is 5.64. The number of anilines is 2. The van der Waals surface area contributed by atoms with Crippen molar-refractivity contribution in [1.82, 2.24) is 19.7 Å². The topological polar surface area (TPSA) is 55.6 Å². The molecule has 0 unspecified atom stereocenters. The van der Waals surface area contributed by atoms with Gasteiger partial charge in [-0.25, -0.2) is 4.98 Å². The smallest absolute Gasteiger partial charge is 0.191 e. The van der Waals surface area contributed by atoms with Crippen molar-refractivity contribution in [3.05, 3.63) is 70.7 Å². The lowest BCUT2D eigenvalue weighted by atomic mass is 10.1. The number of nitrogens with one attached hydrogen (secondary N) is 1. The van der Waals surface area contributed by atoms with E-state index in [1.165, 1.54) is 11.1 Å². The van der Waals surface area contributed by atoms with Crippen LogP contribution < -0.4 is 5.32 Å². The predicted octanol–water partition coefficient (Wildman–Crippen LogP) is 5.59. The normalized spacial score (nSPS) is 11.0. The zero-order valence-corrected chi connectivity index (χ0v) is 17.6. The Labute approximate surface area is 172 Å². The highest BCUT2D eigenvalue weighted by Gasteiger charge is 2.13. The Morgan fingerprint density at radius 1 is 1.00 bits per heavy atom. The molecule has 0 aliphatic rings. The van der Waals surface area contributed by atoms with E-state index in [-0.39, 0.29) is 0 Å². The zero-order chi connectivity index (χ0) is 19.5. The van der Waals surface area contributed by atoms with Crippen molar-refractivity contribution in [2.75, 3.05) is 5.32 Å². The highest BCUT2D eigenvalue weighted by molar-refractivity contribution is 7.98. The molecule has 0 spiro atoms. The molecule has 7 heteroatoms. The first-order chi connectivity index (χ1) is 13.6. The first-order valence-electron chi connectivity index (χ1n) is 8.97. The molecule has 28 heavy (non-hydrogen) atoms. The van der Waals surface area contributed by atoms with E-state index in [1.807, 2.05) is 35.9 Å². The molecule has 0 amide bonds. The van der Waals surface area contributed by atoms with Crippen LogP contribution in [-0.4, -0.2) is 19.7 Å². The lowest BCUT2D eigenvalue weighted by Gasteiger charge is -2.06. The van der Waals surface area contributed by atoms with Gasteiger partial charge in [0.15, 0.2) is 16.1 Å². The van der Waals surface area contributed by atoms with Crippen molar-refractivity contribution in [2.45, 2.75) is 24.8 Å². The average molecular weight is 408 g/mol. The Bertz CT molecular complexity index is 1100. The maximum absolute atomic E-state index is 4.70. The van der Waals surface area contributed by atoms with Crippen LogP contribution in [0, 0.1) is 13.8 Å². The molecule has 2 aromatic heterocycles. The third kappa shape index (κ3) is 3.95. The summed E-state index contributed by atoms with van der Waals surface area (Å²) in [4.78, 5) is 4.70. The van der Waals surface area contributed by atoms with Gasteiger partial charge in [0.1, 0.15) is 0 Å². The molecule has 0 aliphatic heterocycles. The van der Waals surface area contributed by atoms with Crippen LogP contribution in [0.2, 0.25) is 0 Å². The molecule has 0 saturated heterocycles. The first-order valence-corrected chi connectivity index (χ1v) is 10.8. The number of benzene rings is 2. The molecule has 4 rings (SSSR count). The average Bonchev–Trinajstić information content (AvgIpc) is 3.29. The summed E-state index contributed by atoms with van der Waals surface area (Å²) in [6, 6.07) is 16.5. The third-order valence-corrected chi connectivity index (χ3v) is 6.37. The zero-order valence-electron chi connectivity index (χ0n) is 16.0. The van der Waals surface area contributed by atoms with Crippen molar-refractivity contribution in [3.8, 4) is 11.4 Å². The fraction of sp³-hybridized carbons (Fsp3) is 0.190. The van der Waals surface area contributed by atoms with Gasteiger partial charge in [-0.05, 0) is 31.0 Å². The molecule has 0 atom stereocenters. The van der Waals surface area contributed by atoms with Gasteiger partial charge in [-0.15, -0.1) is 21.5 Å². The van der Waals surface area contributed by atoms with Crippen LogP contribution >= 0.6 is 23.1 Å². The summed E-state index contributed by atoms with van der Waals surface area (Å²) in [5, 5.41) is 16.0. The molecule has 5 nitrogen and oxygen atoms in total. The van der Waals surface area contributed by atoms with E-state index >= 15 is 0 Å². The summed E-state index contributed by atoms with van der Waals surface area (Å²) in [7, 11) is 2.01. The Balaban J connectivity index is 1.44. The van der Waals surface area contributed by atoms with Crippen molar-refractivity contribution < 1.29 is 0 Å². The summed E-state index contributed by atoms with van der Waals surface area (Å²) >= 11 is 3.27. The van der Waals surface area contributed by atoms with E-state index in [0.717, 1.165) is 38.8 Å². The summed E-state index contributed by atoms with van der Waals surface area (Å²) in [6.45, 7) is 4.18. The molecular formula is C21H21N5S2. The van der Waals surface area contributed by atoms with Crippen molar-refractivity contribution in [1.29, 1.82) is 0 Å². The predicted molar refractivity (Wildman–Crippen MR) is 117 cm³/mol. The first kappa shape index (κ1) is 18.7. The molecule has 0 radical (unpaired) electrons. The lowest BCUT2D eigenvalue weighted by Crippen LogP contribution is -1.96. The van der Waals surface area contributed by atoms with E-state index in [9.17, 15) is 0 Å². The molecule has 142 valence electrons. The van der Waals surface area contributed by atoms with Crippen LogP contribution in [0.3, 0.4) is 0 Å². The van der Waals surface area contributed by atoms with E-state index < -0.39 is 0 Å². The molecule has 2 aromatic carbocycles. The number of hydrogen-bond donors (Lipinski definition) is 1. The van der Waals surface area contributed by atoms with Crippen LogP contribution in [0.4, 0.5) is 10.8 Å². The van der Waals surface area contributed by atoms with Crippen molar-refractivity contribution in [3.63, 3.8) is 0 Å². The van der Waals surface area contributed by atoms with Gasteiger partial charge in [-0.2, -0.15) is 0 Å². The van der Waals surface area contributed by atoms with Crippen molar-refractivity contribution >= 4 is 33.9 Å². The van der Waals surface area contributed by atoms with Crippen LogP contribution in [-0.2, 0) is 12.8 Å². The van der Waals surface area contributed by atoms with Crippen molar-refractivity contribution in [2.24, 2.45) is 7.05 Å². The van der Waals surface area contributed by atoms with E-state index in [2.05, 4.69) is 59.0 Å². The maximum Gasteiger partial charge on any atom is 0.191 e. The second-order valence-corrected chi connectivity index (χ2v) is 8.35. The van der Waals surface area contributed by atoms with Gasteiger partial charge in [0.05, 0.1) is 5.69 Å². The number of nitrogens with zero attached hydrogens (tertiary/aromatic N) is 4. The highest BCUT2D eigenvalue weighted by Crippen LogP contribution is 2.29. The Morgan fingerprint density at radius 2 is 1.75 bits per heavy atom. The Hall–Kier alpha value is -2.64. The van der Waals surface area contributed by atoms with Gasteiger partial charge < -0.3 is 9.88 Å². The standard InChI is InChI=1S/C21H21N5S2/c1-14-8-4-6-10-17(14)19-24-25-21(26(19)3)28-13-16-12-27-20(22-16)23-18-11-7-5-9-15(18)2/h4-12H,13H2,1-3H3,(H,22,23). The summed E-state index contributed by atoms with van der Waals surface area (Å²) < 4.78 is 2.05. The summed E-state index contributed by atoms with van der Waals surface area (Å²) in [6.07, 6.45) is 0. The van der Waals surface area contributed by atoms with E-state index in [4.69, 9.17) is 4.98 Å². The minimum Gasteiger partial charge on any atom is -0.331 e. The molecule has 4 aromatic rings. The molecule has 0 saturated carbocycles. The lowest BCUT2D eigenvalue weighted by molar-refractivity contribution is 0.793. The Morgan fingerprint density at radius 3 is 2.54 bits per heavy atom. The molecule has 0 fully saturated rings. The number of hydrogen-bond acceptors (Lipinski definition) is 6. The van der Waals surface area contributed by atoms with Crippen LogP contribution in [0.25, 0.3) is 11.4 Å².